The van der Waals surface area contributed by atoms with Crippen molar-refractivity contribution >= 4 is 0 Å². The van der Waals surface area contributed by atoms with Crippen LogP contribution in [0.25, 0.3) is 0 Å². The van der Waals surface area contributed by atoms with Crippen LogP contribution in [-0.4, -0.2) is 0 Å². The topological polar surface area (TPSA) is 0 Å². The zero-order valence-corrected chi connectivity index (χ0v) is 15.3. The molecule has 0 N–H and O–H groups in total. The molecule has 1 heteroatoms. The van der Waals surface area contributed by atoms with Crippen molar-refractivity contribution in [1.29, 1.82) is 0 Å². The molecule has 0 aromatic carbocycles. The number of hydrogen-bond acceptors (Lipinski definition) is 0. The fourth-order valence-corrected chi connectivity index (χ4v) is 2.19. The Bertz CT molecular complexity index is 98.2. The maximum atomic E-state index is 3.87. The molecular formula is C17H37Zn-. The van der Waals surface area contributed by atoms with Crippen molar-refractivity contribution in [3.8, 4) is 0 Å². The van der Waals surface area contributed by atoms with Gasteiger partial charge in [-0.15, -0.1) is 0 Å². The van der Waals surface area contributed by atoms with Crippen LogP contribution in [0.2, 0.25) is 0 Å². The molecule has 0 aliphatic carbocycles. The summed E-state index contributed by atoms with van der Waals surface area (Å²) in [6, 6.07) is 0. The molecule has 108 valence electrons. The van der Waals surface area contributed by atoms with Crippen molar-refractivity contribution in [2.75, 3.05) is 0 Å². The monoisotopic (exact) mass is 305 g/mol. The van der Waals surface area contributed by atoms with Crippen LogP contribution in [0.4, 0.5) is 0 Å². The molecule has 0 heterocycles. The maximum Gasteiger partial charge on any atom is 0 e. The summed E-state index contributed by atoms with van der Waals surface area (Å²) >= 11 is 0. The molecular weight excluding hydrogens is 270 g/mol. The van der Waals surface area contributed by atoms with Gasteiger partial charge in [-0.1, -0.05) is 97.8 Å². The summed E-state index contributed by atoms with van der Waals surface area (Å²) in [5.74, 6) is 0. The van der Waals surface area contributed by atoms with E-state index >= 15 is 0 Å². The van der Waals surface area contributed by atoms with Gasteiger partial charge in [0.1, 0.15) is 0 Å². The molecule has 0 amide bonds. The average Bonchev–Trinajstić information content (AvgIpc) is 2.31. The minimum absolute atomic E-state index is 0. The summed E-state index contributed by atoms with van der Waals surface area (Å²) in [6.07, 6.45) is 19.8. The van der Waals surface area contributed by atoms with E-state index in [1.165, 1.54) is 83.5 Å². The molecule has 0 bridgehead atoms. The quantitative estimate of drug-likeness (QED) is 0.196. The fraction of sp³-hybridized carbons (Fsp3) is 0.941. The smallest absolute Gasteiger partial charge is 0 e. The standard InChI is InChI=1S/C16H33.CH4.Zn/c1-3-5-7-9-11-13-15-16-14-12-10-8-6-4-2;;/h1,3-16H2,2H3;1H4;/q-1;;. The van der Waals surface area contributed by atoms with Crippen molar-refractivity contribution < 1.29 is 19.5 Å². The van der Waals surface area contributed by atoms with E-state index in [0.717, 1.165) is 6.42 Å². The number of hydrogen-bond donors (Lipinski definition) is 0. The Labute approximate surface area is 130 Å². The molecule has 0 radical (unpaired) electrons. The van der Waals surface area contributed by atoms with E-state index in [9.17, 15) is 0 Å². The van der Waals surface area contributed by atoms with Gasteiger partial charge in [0.2, 0.25) is 0 Å². The third-order valence-electron chi connectivity index (χ3n) is 3.35. The van der Waals surface area contributed by atoms with Gasteiger partial charge in [0.15, 0.2) is 0 Å². The summed E-state index contributed by atoms with van der Waals surface area (Å²) in [4.78, 5) is 0. The van der Waals surface area contributed by atoms with Gasteiger partial charge in [-0.3, -0.25) is 0 Å². The Morgan fingerprint density at radius 3 is 1.11 bits per heavy atom. The normalized spacial score (nSPS) is 9.67. The van der Waals surface area contributed by atoms with Gasteiger partial charge >= 0.3 is 0 Å². The van der Waals surface area contributed by atoms with E-state index in [-0.39, 0.29) is 26.9 Å². The molecule has 0 aromatic rings. The molecule has 0 fully saturated rings. The molecule has 0 aliphatic heterocycles. The zero-order chi connectivity index (χ0) is 11.9. The predicted molar refractivity (Wildman–Crippen MR) is 82.4 cm³/mol. The van der Waals surface area contributed by atoms with E-state index in [1.807, 2.05) is 0 Å². The summed E-state index contributed by atoms with van der Waals surface area (Å²) in [5, 5.41) is 0. The first kappa shape index (κ1) is 23.7. The minimum atomic E-state index is 0. The molecule has 18 heavy (non-hydrogen) atoms. The van der Waals surface area contributed by atoms with Gasteiger partial charge < -0.3 is 6.92 Å². The maximum absolute atomic E-state index is 3.87. The molecule has 0 spiro atoms. The summed E-state index contributed by atoms with van der Waals surface area (Å²) in [6.45, 7) is 6.16. The van der Waals surface area contributed by atoms with Crippen LogP contribution < -0.4 is 0 Å². The van der Waals surface area contributed by atoms with Crippen LogP contribution in [-0.2, 0) is 19.5 Å². The molecule has 0 rings (SSSR count). The van der Waals surface area contributed by atoms with E-state index < -0.39 is 0 Å². The van der Waals surface area contributed by atoms with Crippen molar-refractivity contribution in [3.05, 3.63) is 6.92 Å². The number of rotatable bonds is 13. The molecule has 0 aromatic heterocycles. The van der Waals surface area contributed by atoms with Gasteiger partial charge in [-0.2, -0.15) is 6.42 Å². The van der Waals surface area contributed by atoms with Gasteiger partial charge in [-0.05, 0) is 0 Å². The van der Waals surface area contributed by atoms with Crippen molar-refractivity contribution in [3.63, 3.8) is 0 Å². The van der Waals surface area contributed by atoms with E-state index in [1.54, 1.807) is 0 Å². The van der Waals surface area contributed by atoms with Crippen LogP contribution in [0, 0.1) is 6.92 Å². The Hall–Kier alpha value is 0.623. The van der Waals surface area contributed by atoms with E-state index in [0.29, 0.717) is 0 Å². The third kappa shape index (κ3) is 21.9. The molecule has 0 saturated heterocycles. The molecule has 0 unspecified atom stereocenters. The van der Waals surface area contributed by atoms with Crippen LogP contribution in [0.5, 0.6) is 0 Å². The summed E-state index contributed by atoms with van der Waals surface area (Å²) in [5.41, 5.74) is 0. The van der Waals surface area contributed by atoms with Crippen LogP contribution in [0.1, 0.15) is 104 Å². The third-order valence-corrected chi connectivity index (χ3v) is 3.35. The first-order chi connectivity index (χ1) is 7.91. The molecule has 0 aliphatic rings. The Kier molecular flexibility index (Phi) is 30.0. The second-order valence-electron chi connectivity index (χ2n) is 5.10. The van der Waals surface area contributed by atoms with Crippen LogP contribution >= 0.6 is 0 Å². The van der Waals surface area contributed by atoms with Gasteiger partial charge in [0.05, 0.1) is 0 Å². The van der Waals surface area contributed by atoms with Crippen molar-refractivity contribution in [2.24, 2.45) is 0 Å². The first-order valence-corrected chi connectivity index (χ1v) is 7.71. The molecule has 0 atom stereocenters. The average molecular weight is 307 g/mol. The van der Waals surface area contributed by atoms with Gasteiger partial charge in [-0.25, -0.2) is 0 Å². The first-order valence-electron chi connectivity index (χ1n) is 7.71. The Morgan fingerprint density at radius 2 is 0.833 bits per heavy atom. The summed E-state index contributed by atoms with van der Waals surface area (Å²) in [7, 11) is 0. The second kappa shape index (κ2) is 22.8. The molecule has 0 nitrogen and oxygen atoms in total. The Balaban J connectivity index is -0.00000112. The van der Waals surface area contributed by atoms with Gasteiger partial charge in [0, 0.05) is 19.5 Å². The van der Waals surface area contributed by atoms with Crippen molar-refractivity contribution in [1.82, 2.24) is 0 Å². The zero-order valence-electron chi connectivity index (χ0n) is 12.3. The van der Waals surface area contributed by atoms with E-state index in [2.05, 4.69) is 13.8 Å². The molecule has 0 saturated carbocycles. The largest absolute Gasteiger partial charge is 0.343 e. The van der Waals surface area contributed by atoms with Crippen molar-refractivity contribution in [2.45, 2.75) is 104 Å². The van der Waals surface area contributed by atoms with E-state index in [4.69, 9.17) is 0 Å². The summed E-state index contributed by atoms with van der Waals surface area (Å²) < 4.78 is 0. The van der Waals surface area contributed by atoms with Crippen LogP contribution in [0.15, 0.2) is 0 Å². The van der Waals surface area contributed by atoms with Gasteiger partial charge in [0.25, 0.3) is 0 Å². The predicted octanol–water partition coefficient (Wildman–Crippen LogP) is 6.94. The Morgan fingerprint density at radius 1 is 0.556 bits per heavy atom. The fourth-order valence-electron chi connectivity index (χ4n) is 2.19. The number of unbranched alkanes of at least 4 members (excludes halogenated alkanes) is 13. The SMILES string of the molecule is C.[CH2-]CCCCCCCCCCCCCCC.[Zn]. The second-order valence-corrected chi connectivity index (χ2v) is 5.10. The minimum Gasteiger partial charge on any atom is -0.343 e. The van der Waals surface area contributed by atoms with Crippen LogP contribution in [0.3, 0.4) is 0 Å².